The molecule has 4 nitrogen and oxygen atoms in total. The lowest BCUT2D eigenvalue weighted by molar-refractivity contribution is -0.255. The Hall–Kier alpha value is -0.610. The molecule has 0 bridgehead atoms. The number of hydrogen-bond donors (Lipinski definition) is 0. The van der Waals surface area contributed by atoms with Gasteiger partial charge in [0.25, 0.3) is 0 Å². The molecule has 1 rings (SSSR count). The molecule has 1 atom stereocenters. The van der Waals surface area contributed by atoms with E-state index in [0.717, 1.165) is 25.7 Å². The first-order valence-corrected chi connectivity index (χ1v) is 4.88. The lowest BCUT2D eigenvalue weighted by atomic mass is 9.83. The second-order valence-electron chi connectivity index (χ2n) is 3.54. The fourth-order valence-corrected chi connectivity index (χ4v) is 2.13. The lowest BCUT2D eigenvalue weighted by Gasteiger charge is -2.39. The number of carbonyl (C=O) groups excluding carboxylic acids is 1. The standard InChI is InChI=1S/C10H18O4/c1-12-9(11)8-6-4-5-7-10(8,13-2)14-3/h8H,4-7H2,1-3H3. The Morgan fingerprint density at radius 3 is 2.36 bits per heavy atom. The van der Waals surface area contributed by atoms with Gasteiger partial charge in [-0.1, -0.05) is 6.42 Å². The topological polar surface area (TPSA) is 44.8 Å². The van der Waals surface area contributed by atoms with Gasteiger partial charge in [-0.25, -0.2) is 0 Å². The molecule has 0 amide bonds. The molecule has 14 heavy (non-hydrogen) atoms. The number of hydrogen-bond acceptors (Lipinski definition) is 4. The molecule has 0 aromatic heterocycles. The number of ether oxygens (including phenoxy) is 3. The Morgan fingerprint density at radius 2 is 1.86 bits per heavy atom. The van der Waals surface area contributed by atoms with E-state index >= 15 is 0 Å². The molecule has 1 unspecified atom stereocenters. The van der Waals surface area contributed by atoms with Crippen LogP contribution in [0.1, 0.15) is 25.7 Å². The fraction of sp³-hybridized carbons (Fsp3) is 0.900. The monoisotopic (exact) mass is 202 g/mol. The third kappa shape index (κ3) is 1.91. The van der Waals surface area contributed by atoms with Gasteiger partial charge in [-0.05, 0) is 12.8 Å². The maximum atomic E-state index is 11.5. The summed E-state index contributed by atoms with van der Waals surface area (Å²) in [6.07, 6.45) is 3.57. The molecular weight excluding hydrogens is 184 g/mol. The van der Waals surface area contributed by atoms with E-state index in [9.17, 15) is 4.79 Å². The Kier molecular flexibility index (Phi) is 3.89. The van der Waals surface area contributed by atoms with Gasteiger partial charge in [-0.15, -0.1) is 0 Å². The summed E-state index contributed by atoms with van der Waals surface area (Å²) in [4.78, 5) is 11.5. The number of methoxy groups -OCH3 is 3. The summed E-state index contributed by atoms with van der Waals surface area (Å²) >= 11 is 0. The zero-order valence-corrected chi connectivity index (χ0v) is 9.04. The van der Waals surface area contributed by atoms with Crippen molar-refractivity contribution in [1.29, 1.82) is 0 Å². The van der Waals surface area contributed by atoms with Gasteiger partial charge < -0.3 is 14.2 Å². The zero-order valence-electron chi connectivity index (χ0n) is 9.04. The fourth-order valence-electron chi connectivity index (χ4n) is 2.13. The lowest BCUT2D eigenvalue weighted by Crippen LogP contribution is -2.48. The van der Waals surface area contributed by atoms with Crippen molar-refractivity contribution in [1.82, 2.24) is 0 Å². The van der Waals surface area contributed by atoms with E-state index in [1.807, 2.05) is 0 Å². The van der Waals surface area contributed by atoms with E-state index in [-0.39, 0.29) is 11.9 Å². The molecule has 0 aromatic rings. The van der Waals surface area contributed by atoms with Gasteiger partial charge in [0.15, 0.2) is 5.79 Å². The second-order valence-corrected chi connectivity index (χ2v) is 3.54. The van der Waals surface area contributed by atoms with Crippen molar-refractivity contribution in [2.45, 2.75) is 31.5 Å². The third-order valence-corrected chi connectivity index (χ3v) is 2.98. The minimum Gasteiger partial charge on any atom is -0.469 e. The van der Waals surface area contributed by atoms with Crippen LogP contribution in [0.4, 0.5) is 0 Å². The molecule has 0 spiro atoms. The molecule has 82 valence electrons. The molecule has 0 radical (unpaired) electrons. The van der Waals surface area contributed by atoms with Crippen molar-refractivity contribution in [2.24, 2.45) is 5.92 Å². The van der Waals surface area contributed by atoms with E-state index < -0.39 is 5.79 Å². The van der Waals surface area contributed by atoms with Crippen LogP contribution >= 0.6 is 0 Å². The zero-order chi connectivity index (χ0) is 10.6. The average molecular weight is 202 g/mol. The van der Waals surface area contributed by atoms with Crippen molar-refractivity contribution < 1.29 is 19.0 Å². The summed E-state index contributed by atoms with van der Waals surface area (Å²) in [5, 5.41) is 0. The average Bonchev–Trinajstić information content (AvgIpc) is 2.27. The molecule has 0 heterocycles. The van der Waals surface area contributed by atoms with Crippen LogP contribution in [0.15, 0.2) is 0 Å². The number of rotatable bonds is 3. The van der Waals surface area contributed by atoms with E-state index in [2.05, 4.69) is 0 Å². The van der Waals surface area contributed by atoms with Crippen LogP contribution in [0.25, 0.3) is 0 Å². The Morgan fingerprint density at radius 1 is 1.21 bits per heavy atom. The SMILES string of the molecule is COC(=O)C1CCCCC1(OC)OC. The first kappa shape index (κ1) is 11.5. The largest absolute Gasteiger partial charge is 0.469 e. The van der Waals surface area contributed by atoms with Gasteiger partial charge in [0.2, 0.25) is 0 Å². The second kappa shape index (κ2) is 4.75. The molecule has 0 aliphatic heterocycles. The highest BCUT2D eigenvalue weighted by Gasteiger charge is 2.46. The molecular formula is C10H18O4. The Labute approximate surface area is 84.5 Å². The molecule has 1 fully saturated rings. The van der Waals surface area contributed by atoms with Crippen molar-refractivity contribution in [2.75, 3.05) is 21.3 Å². The van der Waals surface area contributed by atoms with Crippen LogP contribution in [0.2, 0.25) is 0 Å². The maximum absolute atomic E-state index is 11.5. The van der Waals surface area contributed by atoms with Crippen LogP contribution < -0.4 is 0 Å². The highest BCUT2D eigenvalue weighted by atomic mass is 16.7. The Bertz CT molecular complexity index is 198. The first-order chi connectivity index (χ1) is 6.70. The van der Waals surface area contributed by atoms with Crippen LogP contribution in [0, 0.1) is 5.92 Å². The molecule has 4 heteroatoms. The quantitative estimate of drug-likeness (QED) is 0.511. The van der Waals surface area contributed by atoms with Crippen LogP contribution in [0.5, 0.6) is 0 Å². The summed E-state index contributed by atoms with van der Waals surface area (Å²) in [5.41, 5.74) is 0. The van der Waals surface area contributed by atoms with Gasteiger partial charge in [0.05, 0.1) is 7.11 Å². The van der Waals surface area contributed by atoms with Crippen LogP contribution in [-0.4, -0.2) is 33.1 Å². The summed E-state index contributed by atoms with van der Waals surface area (Å²) in [5.74, 6) is -1.31. The smallest absolute Gasteiger partial charge is 0.314 e. The third-order valence-electron chi connectivity index (χ3n) is 2.98. The van der Waals surface area contributed by atoms with Crippen molar-refractivity contribution in [3.63, 3.8) is 0 Å². The molecule has 1 saturated carbocycles. The predicted octanol–water partition coefficient (Wildman–Crippen LogP) is 1.34. The summed E-state index contributed by atoms with van der Waals surface area (Å²) in [6.45, 7) is 0. The van der Waals surface area contributed by atoms with Crippen LogP contribution in [0.3, 0.4) is 0 Å². The van der Waals surface area contributed by atoms with E-state index in [1.165, 1.54) is 7.11 Å². The molecule has 0 saturated heterocycles. The maximum Gasteiger partial charge on any atom is 0.314 e. The highest BCUT2D eigenvalue weighted by Crippen LogP contribution is 2.37. The van der Waals surface area contributed by atoms with Gasteiger partial charge in [0.1, 0.15) is 5.92 Å². The Balaban J connectivity index is 2.81. The van der Waals surface area contributed by atoms with Gasteiger partial charge in [0, 0.05) is 20.6 Å². The predicted molar refractivity (Wildman–Crippen MR) is 50.7 cm³/mol. The molecule has 0 aromatic carbocycles. The van der Waals surface area contributed by atoms with Crippen molar-refractivity contribution in [3.05, 3.63) is 0 Å². The normalized spacial score (nSPS) is 25.8. The van der Waals surface area contributed by atoms with E-state index in [1.54, 1.807) is 14.2 Å². The van der Waals surface area contributed by atoms with E-state index in [0.29, 0.717) is 0 Å². The van der Waals surface area contributed by atoms with E-state index in [4.69, 9.17) is 14.2 Å². The molecule has 0 N–H and O–H groups in total. The first-order valence-electron chi connectivity index (χ1n) is 4.88. The summed E-state index contributed by atoms with van der Waals surface area (Å²) in [6, 6.07) is 0. The van der Waals surface area contributed by atoms with Gasteiger partial charge in [-0.3, -0.25) is 4.79 Å². The summed E-state index contributed by atoms with van der Waals surface area (Å²) in [7, 11) is 4.54. The summed E-state index contributed by atoms with van der Waals surface area (Å²) < 4.78 is 15.4. The number of esters is 1. The minimum atomic E-state index is -0.772. The van der Waals surface area contributed by atoms with Crippen LogP contribution in [-0.2, 0) is 19.0 Å². The van der Waals surface area contributed by atoms with Crippen molar-refractivity contribution >= 4 is 5.97 Å². The van der Waals surface area contributed by atoms with Gasteiger partial charge in [-0.2, -0.15) is 0 Å². The number of carbonyl (C=O) groups is 1. The minimum absolute atomic E-state index is 0.242. The van der Waals surface area contributed by atoms with Gasteiger partial charge >= 0.3 is 5.97 Å². The molecule has 1 aliphatic carbocycles. The molecule has 1 aliphatic rings. The highest BCUT2D eigenvalue weighted by molar-refractivity contribution is 5.73. The van der Waals surface area contributed by atoms with Crippen molar-refractivity contribution in [3.8, 4) is 0 Å².